The summed E-state index contributed by atoms with van der Waals surface area (Å²) >= 11 is 0. The first-order valence-corrected chi connectivity index (χ1v) is 8.72. The average Bonchev–Trinajstić information content (AvgIpc) is 2.93. The molecule has 0 saturated carbocycles. The molecule has 134 valence electrons. The fraction of sp³-hybridized carbons (Fsp3) is 0.136. The van der Waals surface area contributed by atoms with Crippen molar-refractivity contribution in [2.75, 3.05) is 13.2 Å². The van der Waals surface area contributed by atoms with Gasteiger partial charge in [0.15, 0.2) is 0 Å². The molecule has 0 bridgehead atoms. The molecule has 1 aliphatic heterocycles. The predicted molar refractivity (Wildman–Crippen MR) is 100 cm³/mol. The van der Waals surface area contributed by atoms with Crippen molar-refractivity contribution in [1.29, 1.82) is 0 Å². The number of benzene rings is 3. The summed E-state index contributed by atoms with van der Waals surface area (Å²) in [5, 5.41) is 2.18. The highest BCUT2D eigenvalue weighted by atomic mass is 16.5. The highest BCUT2D eigenvalue weighted by molar-refractivity contribution is 6.21. The first kappa shape index (κ1) is 17.0. The second-order valence-corrected chi connectivity index (χ2v) is 6.39. The molecule has 5 nitrogen and oxygen atoms in total. The summed E-state index contributed by atoms with van der Waals surface area (Å²) in [4.78, 5) is 37.7. The molecule has 1 aliphatic rings. The van der Waals surface area contributed by atoms with Gasteiger partial charge in [-0.05, 0) is 28.5 Å². The molecule has 2 amide bonds. The quantitative estimate of drug-likeness (QED) is 0.518. The predicted octanol–water partition coefficient (Wildman–Crippen LogP) is 3.22. The van der Waals surface area contributed by atoms with Gasteiger partial charge in [0, 0.05) is 0 Å². The number of esters is 1. The highest BCUT2D eigenvalue weighted by Gasteiger charge is 2.34. The lowest BCUT2D eigenvalue weighted by Crippen LogP contribution is -2.33. The summed E-state index contributed by atoms with van der Waals surface area (Å²) in [6, 6.07) is 20.4. The molecule has 4 rings (SSSR count). The van der Waals surface area contributed by atoms with Crippen molar-refractivity contribution in [2.24, 2.45) is 0 Å². The fourth-order valence-electron chi connectivity index (χ4n) is 3.26. The van der Waals surface area contributed by atoms with E-state index in [2.05, 4.69) is 0 Å². The normalized spacial score (nSPS) is 13.1. The Balaban J connectivity index is 1.33. The third kappa shape index (κ3) is 3.31. The van der Waals surface area contributed by atoms with E-state index in [4.69, 9.17) is 4.74 Å². The van der Waals surface area contributed by atoms with Crippen LogP contribution in [0.5, 0.6) is 0 Å². The lowest BCUT2D eigenvalue weighted by molar-refractivity contribution is -0.143. The van der Waals surface area contributed by atoms with Crippen LogP contribution < -0.4 is 0 Å². The SMILES string of the molecule is O=C(Cc1ccc2ccccc2c1)OCCN1C(=O)c2ccccc2C1=O. The fourth-order valence-corrected chi connectivity index (χ4v) is 3.26. The summed E-state index contributed by atoms with van der Waals surface area (Å²) in [7, 11) is 0. The zero-order valence-electron chi connectivity index (χ0n) is 14.6. The van der Waals surface area contributed by atoms with Crippen molar-refractivity contribution in [3.8, 4) is 0 Å². The van der Waals surface area contributed by atoms with Crippen LogP contribution in [0.3, 0.4) is 0 Å². The largest absolute Gasteiger partial charge is 0.464 e. The van der Waals surface area contributed by atoms with Crippen molar-refractivity contribution in [3.05, 3.63) is 83.4 Å². The minimum absolute atomic E-state index is 0.0160. The van der Waals surface area contributed by atoms with Crippen molar-refractivity contribution < 1.29 is 19.1 Å². The van der Waals surface area contributed by atoms with Crippen molar-refractivity contribution >= 4 is 28.6 Å². The zero-order chi connectivity index (χ0) is 18.8. The smallest absolute Gasteiger partial charge is 0.310 e. The van der Waals surface area contributed by atoms with Crippen LogP contribution in [-0.2, 0) is 16.0 Å². The maximum atomic E-state index is 12.3. The van der Waals surface area contributed by atoms with Crippen LogP contribution in [0.4, 0.5) is 0 Å². The van der Waals surface area contributed by atoms with Gasteiger partial charge in [-0.2, -0.15) is 0 Å². The van der Waals surface area contributed by atoms with Crippen LogP contribution in [0.25, 0.3) is 10.8 Å². The minimum Gasteiger partial charge on any atom is -0.464 e. The van der Waals surface area contributed by atoms with Gasteiger partial charge in [0.25, 0.3) is 11.8 Å². The van der Waals surface area contributed by atoms with E-state index in [1.54, 1.807) is 24.3 Å². The van der Waals surface area contributed by atoms with Crippen LogP contribution in [0.15, 0.2) is 66.7 Å². The van der Waals surface area contributed by atoms with Crippen LogP contribution in [0.1, 0.15) is 26.3 Å². The number of nitrogens with zero attached hydrogens (tertiary/aromatic N) is 1. The van der Waals surface area contributed by atoms with Crippen molar-refractivity contribution in [1.82, 2.24) is 4.90 Å². The molecule has 5 heteroatoms. The second-order valence-electron chi connectivity index (χ2n) is 6.39. The van der Waals surface area contributed by atoms with Gasteiger partial charge in [0.1, 0.15) is 6.61 Å². The molecule has 0 spiro atoms. The van der Waals surface area contributed by atoms with E-state index in [0.29, 0.717) is 11.1 Å². The molecule has 0 aromatic heterocycles. The van der Waals surface area contributed by atoms with Crippen LogP contribution in [0, 0.1) is 0 Å². The highest BCUT2D eigenvalue weighted by Crippen LogP contribution is 2.22. The van der Waals surface area contributed by atoms with Gasteiger partial charge >= 0.3 is 5.97 Å². The van der Waals surface area contributed by atoms with E-state index in [0.717, 1.165) is 21.2 Å². The number of carbonyl (C=O) groups excluding carboxylic acids is 3. The molecule has 1 heterocycles. The zero-order valence-corrected chi connectivity index (χ0v) is 14.6. The number of fused-ring (bicyclic) bond motifs is 2. The van der Waals surface area contributed by atoms with E-state index in [1.165, 1.54) is 0 Å². The molecule has 0 atom stereocenters. The second kappa shape index (κ2) is 7.03. The van der Waals surface area contributed by atoms with Gasteiger partial charge in [-0.25, -0.2) is 0 Å². The monoisotopic (exact) mass is 359 g/mol. The maximum Gasteiger partial charge on any atom is 0.310 e. The van der Waals surface area contributed by atoms with Gasteiger partial charge in [-0.3, -0.25) is 19.3 Å². The molecule has 3 aromatic carbocycles. The molecular weight excluding hydrogens is 342 g/mol. The van der Waals surface area contributed by atoms with Crippen LogP contribution >= 0.6 is 0 Å². The molecular formula is C22H17NO4. The third-order valence-electron chi connectivity index (χ3n) is 4.62. The molecule has 0 unspecified atom stereocenters. The minimum atomic E-state index is -0.387. The van der Waals surface area contributed by atoms with Crippen molar-refractivity contribution in [2.45, 2.75) is 6.42 Å². The summed E-state index contributed by atoms with van der Waals surface area (Å²) in [6.07, 6.45) is 0.146. The lowest BCUT2D eigenvalue weighted by atomic mass is 10.1. The molecule has 0 saturated heterocycles. The topological polar surface area (TPSA) is 63.7 Å². The molecule has 0 N–H and O–H groups in total. The lowest BCUT2D eigenvalue weighted by Gasteiger charge is -2.13. The Labute approximate surface area is 156 Å². The molecule has 3 aromatic rings. The Hall–Kier alpha value is -3.47. The Kier molecular flexibility index (Phi) is 4.42. The van der Waals surface area contributed by atoms with E-state index in [-0.39, 0.29) is 37.4 Å². The Bertz CT molecular complexity index is 1020. The van der Waals surface area contributed by atoms with Crippen LogP contribution in [0.2, 0.25) is 0 Å². The van der Waals surface area contributed by atoms with Gasteiger partial charge in [-0.15, -0.1) is 0 Å². The number of hydrogen-bond donors (Lipinski definition) is 0. The van der Waals surface area contributed by atoms with E-state index < -0.39 is 0 Å². The average molecular weight is 359 g/mol. The molecule has 0 aliphatic carbocycles. The first-order chi connectivity index (χ1) is 13.1. The van der Waals surface area contributed by atoms with E-state index >= 15 is 0 Å². The Morgan fingerprint density at radius 1 is 0.815 bits per heavy atom. The first-order valence-electron chi connectivity index (χ1n) is 8.72. The van der Waals surface area contributed by atoms with Gasteiger partial charge in [-0.1, -0.05) is 54.6 Å². The number of ether oxygens (including phenoxy) is 1. The Morgan fingerprint density at radius 3 is 2.15 bits per heavy atom. The van der Waals surface area contributed by atoms with Crippen LogP contribution in [-0.4, -0.2) is 35.8 Å². The molecule has 0 radical (unpaired) electrons. The van der Waals surface area contributed by atoms with E-state index in [1.807, 2.05) is 42.5 Å². The number of amides is 2. The Morgan fingerprint density at radius 2 is 1.44 bits per heavy atom. The van der Waals surface area contributed by atoms with Gasteiger partial charge in [0.2, 0.25) is 0 Å². The van der Waals surface area contributed by atoms with Gasteiger partial charge in [0.05, 0.1) is 24.1 Å². The van der Waals surface area contributed by atoms with E-state index in [9.17, 15) is 14.4 Å². The summed E-state index contributed by atoms with van der Waals surface area (Å²) < 4.78 is 5.23. The number of carbonyl (C=O) groups is 3. The van der Waals surface area contributed by atoms with Crippen molar-refractivity contribution in [3.63, 3.8) is 0 Å². The summed E-state index contributed by atoms with van der Waals surface area (Å²) in [5.41, 5.74) is 1.65. The third-order valence-corrected chi connectivity index (χ3v) is 4.62. The standard InChI is InChI=1S/C22H17NO4/c24-20(14-15-9-10-16-5-1-2-6-17(16)13-15)27-12-11-23-21(25)18-7-3-4-8-19(18)22(23)26/h1-10,13H,11-12,14H2. The summed E-state index contributed by atoms with van der Waals surface area (Å²) in [6.45, 7) is 0.0354. The number of imide groups is 1. The maximum absolute atomic E-state index is 12.3. The number of hydrogen-bond acceptors (Lipinski definition) is 4. The molecule has 27 heavy (non-hydrogen) atoms. The number of rotatable bonds is 5. The van der Waals surface area contributed by atoms with Gasteiger partial charge < -0.3 is 4.74 Å². The molecule has 0 fully saturated rings. The summed E-state index contributed by atoms with van der Waals surface area (Å²) in [5.74, 6) is -1.08.